The number of hydrogen-bond donors (Lipinski definition) is 3. The third kappa shape index (κ3) is 5.29. The number of rotatable bonds is 6. The van der Waals surface area contributed by atoms with Gasteiger partial charge in [0.2, 0.25) is 5.91 Å². The van der Waals surface area contributed by atoms with E-state index in [0.29, 0.717) is 48.2 Å². The molecule has 0 unspecified atom stereocenters. The van der Waals surface area contributed by atoms with Gasteiger partial charge < -0.3 is 20.4 Å². The third-order valence-corrected chi connectivity index (χ3v) is 6.54. The molecule has 0 aromatic carbocycles. The standard InChI is InChI=1S/C23H27ClFN7O2/c24-14-8-17-18(11-27-21(17)26-10-14)22-28-12-19(25)23(31-22)30-16-3-1-2-15(9-16)29-20(33)13-32-4-6-34-7-5-32/h8,10-12,15-16H,1-7,9,13H2,(H,26,27)(H,29,33)(H,28,30,31)/t15-,16+/m1/s1. The molecule has 9 nitrogen and oxygen atoms in total. The Morgan fingerprint density at radius 2 is 2.06 bits per heavy atom. The lowest BCUT2D eigenvalue weighted by atomic mass is 9.91. The number of ether oxygens (including phenoxy) is 1. The highest BCUT2D eigenvalue weighted by Gasteiger charge is 2.25. The number of fused-ring (bicyclic) bond motifs is 1. The monoisotopic (exact) mass is 487 g/mol. The van der Waals surface area contributed by atoms with Crippen molar-refractivity contribution in [2.75, 3.05) is 38.2 Å². The maximum atomic E-state index is 14.6. The van der Waals surface area contributed by atoms with Gasteiger partial charge in [-0.1, -0.05) is 11.6 Å². The number of anilines is 1. The zero-order valence-electron chi connectivity index (χ0n) is 18.7. The molecule has 3 aromatic rings. The maximum absolute atomic E-state index is 14.6. The van der Waals surface area contributed by atoms with Gasteiger partial charge in [-0.3, -0.25) is 9.69 Å². The molecule has 4 heterocycles. The molecule has 1 aliphatic heterocycles. The fraction of sp³-hybridized carbons (Fsp3) is 0.478. The second kappa shape index (κ2) is 10.2. The topological polar surface area (TPSA) is 108 Å². The van der Waals surface area contributed by atoms with E-state index in [2.05, 4.69) is 35.5 Å². The molecule has 2 aliphatic rings. The van der Waals surface area contributed by atoms with Gasteiger partial charge in [-0.05, 0) is 31.7 Å². The number of amides is 1. The van der Waals surface area contributed by atoms with E-state index >= 15 is 0 Å². The summed E-state index contributed by atoms with van der Waals surface area (Å²) in [5, 5.41) is 7.65. The summed E-state index contributed by atoms with van der Waals surface area (Å²) in [6.45, 7) is 3.26. The number of aromatic amines is 1. The van der Waals surface area contributed by atoms with Crippen molar-refractivity contribution in [2.24, 2.45) is 0 Å². The first kappa shape index (κ1) is 22.9. The molecule has 0 bridgehead atoms. The average molecular weight is 488 g/mol. The first-order chi connectivity index (χ1) is 16.5. The highest BCUT2D eigenvalue weighted by molar-refractivity contribution is 6.31. The summed E-state index contributed by atoms with van der Waals surface area (Å²) in [7, 11) is 0. The van der Waals surface area contributed by atoms with Crippen LogP contribution < -0.4 is 10.6 Å². The number of halogens is 2. The van der Waals surface area contributed by atoms with E-state index in [4.69, 9.17) is 16.3 Å². The van der Waals surface area contributed by atoms with E-state index in [0.717, 1.165) is 37.7 Å². The molecule has 180 valence electrons. The number of aromatic nitrogens is 4. The molecule has 2 fully saturated rings. The van der Waals surface area contributed by atoms with Crippen molar-refractivity contribution in [3.63, 3.8) is 0 Å². The van der Waals surface area contributed by atoms with Gasteiger partial charge in [0.1, 0.15) is 5.65 Å². The van der Waals surface area contributed by atoms with Crippen molar-refractivity contribution in [3.8, 4) is 11.4 Å². The number of hydrogen-bond acceptors (Lipinski definition) is 7. The molecule has 5 rings (SSSR count). The number of pyridine rings is 1. The molecule has 1 saturated carbocycles. The number of carbonyl (C=O) groups excluding carboxylic acids is 1. The first-order valence-corrected chi connectivity index (χ1v) is 11.9. The van der Waals surface area contributed by atoms with E-state index in [1.165, 1.54) is 6.20 Å². The molecule has 1 aliphatic carbocycles. The molecule has 1 amide bonds. The lowest BCUT2D eigenvalue weighted by molar-refractivity contribution is -0.124. The Balaban J connectivity index is 1.24. The first-order valence-electron chi connectivity index (χ1n) is 11.6. The number of carbonyl (C=O) groups is 1. The van der Waals surface area contributed by atoms with Crippen LogP contribution >= 0.6 is 11.6 Å². The minimum Gasteiger partial charge on any atom is -0.379 e. The van der Waals surface area contributed by atoms with E-state index < -0.39 is 5.82 Å². The SMILES string of the molecule is O=C(CN1CCOCC1)N[C@@H]1CCC[C@H](Nc2nc(-c3c[nH]c4ncc(Cl)cc34)ncc2F)C1. The number of nitrogens with zero attached hydrogens (tertiary/aromatic N) is 4. The van der Waals surface area contributed by atoms with Crippen LogP contribution in [0.2, 0.25) is 5.02 Å². The summed E-state index contributed by atoms with van der Waals surface area (Å²) in [4.78, 5) is 30.5. The Hall–Kier alpha value is -2.82. The van der Waals surface area contributed by atoms with Crippen molar-refractivity contribution < 1.29 is 13.9 Å². The molecule has 3 aromatic heterocycles. The van der Waals surface area contributed by atoms with Gasteiger partial charge in [-0.15, -0.1) is 0 Å². The quantitative estimate of drug-likeness (QED) is 0.490. The summed E-state index contributed by atoms with van der Waals surface area (Å²) in [6, 6.07) is 1.82. The normalized spacial score (nSPS) is 21.5. The molecule has 34 heavy (non-hydrogen) atoms. The van der Waals surface area contributed by atoms with Crippen molar-refractivity contribution in [2.45, 2.75) is 37.8 Å². The molecule has 2 atom stereocenters. The van der Waals surface area contributed by atoms with Gasteiger partial charge in [0.05, 0.1) is 31.0 Å². The van der Waals surface area contributed by atoms with Gasteiger partial charge in [0, 0.05) is 48.5 Å². The van der Waals surface area contributed by atoms with Crippen molar-refractivity contribution in [3.05, 3.63) is 35.5 Å². The summed E-state index contributed by atoms with van der Waals surface area (Å²) in [5.41, 5.74) is 1.36. The largest absolute Gasteiger partial charge is 0.379 e. The van der Waals surface area contributed by atoms with E-state index in [9.17, 15) is 9.18 Å². The van der Waals surface area contributed by atoms with Crippen LogP contribution in [0.15, 0.2) is 24.7 Å². The van der Waals surface area contributed by atoms with Crippen LogP contribution in [0.25, 0.3) is 22.4 Å². The van der Waals surface area contributed by atoms with Crippen molar-refractivity contribution in [1.82, 2.24) is 30.2 Å². The lowest BCUT2D eigenvalue weighted by Gasteiger charge is -2.32. The van der Waals surface area contributed by atoms with Crippen LogP contribution in [-0.4, -0.2) is 75.7 Å². The Bertz CT molecular complexity index is 1170. The van der Waals surface area contributed by atoms with Gasteiger partial charge in [0.15, 0.2) is 17.5 Å². The highest BCUT2D eigenvalue weighted by Crippen LogP contribution is 2.29. The van der Waals surface area contributed by atoms with Crippen LogP contribution in [0.3, 0.4) is 0 Å². The van der Waals surface area contributed by atoms with Crippen LogP contribution in [0.5, 0.6) is 0 Å². The average Bonchev–Trinajstić information content (AvgIpc) is 3.24. The Morgan fingerprint density at radius 1 is 1.24 bits per heavy atom. The minimum atomic E-state index is -0.516. The van der Waals surface area contributed by atoms with Gasteiger partial charge in [-0.25, -0.2) is 19.3 Å². The van der Waals surface area contributed by atoms with Gasteiger partial charge >= 0.3 is 0 Å². The predicted octanol–water partition coefficient (Wildman–Crippen LogP) is 2.98. The number of H-pyrrole nitrogens is 1. The zero-order valence-corrected chi connectivity index (χ0v) is 19.4. The highest BCUT2D eigenvalue weighted by atomic mass is 35.5. The van der Waals surface area contributed by atoms with E-state index in [1.54, 1.807) is 18.5 Å². The smallest absolute Gasteiger partial charge is 0.234 e. The number of morpholine rings is 1. The molecule has 11 heteroatoms. The maximum Gasteiger partial charge on any atom is 0.234 e. The van der Waals surface area contributed by atoms with Crippen molar-refractivity contribution in [1.29, 1.82) is 0 Å². The Labute approximate surface area is 201 Å². The molecule has 3 N–H and O–H groups in total. The van der Waals surface area contributed by atoms with Gasteiger partial charge in [-0.2, -0.15) is 0 Å². The third-order valence-electron chi connectivity index (χ3n) is 6.33. The molecular weight excluding hydrogens is 461 g/mol. The Morgan fingerprint density at radius 3 is 2.91 bits per heavy atom. The fourth-order valence-corrected chi connectivity index (χ4v) is 4.80. The van der Waals surface area contributed by atoms with Crippen LogP contribution in [-0.2, 0) is 9.53 Å². The molecule has 0 spiro atoms. The summed E-state index contributed by atoms with van der Waals surface area (Å²) >= 11 is 6.10. The van der Waals surface area contributed by atoms with Crippen LogP contribution in [0.4, 0.5) is 10.2 Å². The molecule has 1 saturated heterocycles. The Kier molecular flexibility index (Phi) is 6.89. The van der Waals surface area contributed by atoms with Crippen LogP contribution in [0, 0.1) is 5.82 Å². The number of nitrogens with one attached hydrogen (secondary N) is 3. The lowest BCUT2D eigenvalue weighted by Crippen LogP contribution is -2.47. The summed E-state index contributed by atoms with van der Waals surface area (Å²) < 4.78 is 19.9. The van der Waals surface area contributed by atoms with E-state index in [-0.39, 0.29) is 23.8 Å². The van der Waals surface area contributed by atoms with Gasteiger partial charge in [0.25, 0.3) is 0 Å². The summed E-state index contributed by atoms with van der Waals surface area (Å²) in [6.07, 6.45) is 7.90. The second-order valence-electron chi connectivity index (χ2n) is 8.80. The summed E-state index contributed by atoms with van der Waals surface area (Å²) in [5.74, 6) is 0.0397. The minimum absolute atomic E-state index is 0.00114. The molecular formula is C23H27ClFN7O2. The van der Waals surface area contributed by atoms with E-state index in [1.807, 2.05) is 0 Å². The molecule has 0 radical (unpaired) electrons. The van der Waals surface area contributed by atoms with Crippen molar-refractivity contribution >= 4 is 34.4 Å². The second-order valence-corrected chi connectivity index (χ2v) is 9.24. The fourth-order valence-electron chi connectivity index (χ4n) is 4.64. The zero-order chi connectivity index (χ0) is 23.5. The van der Waals surface area contributed by atoms with Crippen LogP contribution in [0.1, 0.15) is 25.7 Å². The predicted molar refractivity (Wildman–Crippen MR) is 127 cm³/mol.